The van der Waals surface area contributed by atoms with Crippen LogP contribution in [0.4, 0.5) is 20.3 Å². The molecule has 3 heterocycles. The standard InChI is InChI=1S/C14H10F2N4/c1-8-5-12(10(16)7-18-8)20-13-6-9(15)14-11(19-13)3-2-4-17-14/h2-7H,1H3,(H,18,19,20). The molecule has 0 radical (unpaired) electrons. The lowest BCUT2D eigenvalue weighted by Gasteiger charge is -2.08. The Labute approximate surface area is 113 Å². The highest BCUT2D eigenvalue weighted by atomic mass is 19.1. The lowest BCUT2D eigenvalue weighted by Crippen LogP contribution is -2.00. The molecule has 3 aromatic heterocycles. The van der Waals surface area contributed by atoms with Crippen molar-refractivity contribution < 1.29 is 8.78 Å². The van der Waals surface area contributed by atoms with Crippen molar-refractivity contribution in [3.05, 3.63) is 54.0 Å². The first-order valence-electron chi connectivity index (χ1n) is 5.94. The summed E-state index contributed by atoms with van der Waals surface area (Å²) in [5.74, 6) is -0.819. The molecule has 1 N–H and O–H groups in total. The molecule has 0 saturated carbocycles. The van der Waals surface area contributed by atoms with Crippen LogP contribution in [0.3, 0.4) is 0 Å². The molecule has 0 aliphatic carbocycles. The van der Waals surface area contributed by atoms with Crippen LogP contribution < -0.4 is 5.32 Å². The third-order valence-corrected chi connectivity index (χ3v) is 2.77. The van der Waals surface area contributed by atoms with Gasteiger partial charge in [-0.15, -0.1) is 0 Å². The van der Waals surface area contributed by atoms with Crippen LogP contribution in [-0.4, -0.2) is 15.0 Å². The third-order valence-electron chi connectivity index (χ3n) is 2.77. The van der Waals surface area contributed by atoms with E-state index < -0.39 is 11.6 Å². The smallest absolute Gasteiger partial charge is 0.164 e. The summed E-state index contributed by atoms with van der Waals surface area (Å²) in [5, 5.41) is 2.75. The number of aryl methyl sites for hydroxylation is 1. The third kappa shape index (κ3) is 2.27. The fraction of sp³-hybridized carbons (Fsp3) is 0.0714. The van der Waals surface area contributed by atoms with Crippen LogP contribution in [0.5, 0.6) is 0 Å². The van der Waals surface area contributed by atoms with Crippen molar-refractivity contribution in [3.63, 3.8) is 0 Å². The van der Waals surface area contributed by atoms with Crippen LogP contribution >= 0.6 is 0 Å². The first kappa shape index (κ1) is 12.4. The molecule has 3 rings (SSSR count). The van der Waals surface area contributed by atoms with Crippen molar-refractivity contribution in [3.8, 4) is 0 Å². The molecule has 4 nitrogen and oxygen atoms in total. The van der Waals surface area contributed by atoms with Crippen LogP contribution in [0.15, 0.2) is 36.7 Å². The fourth-order valence-electron chi connectivity index (χ4n) is 1.86. The summed E-state index contributed by atoms with van der Waals surface area (Å²) in [6.45, 7) is 1.74. The first-order valence-corrected chi connectivity index (χ1v) is 5.94. The van der Waals surface area contributed by atoms with Gasteiger partial charge in [-0.1, -0.05) is 0 Å². The van der Waals surface area contributed by atoms with E-state index in [9.17, 15) is 8.78 Å². The van der Waals surface area contributed by atoms with E-state index in [2.05, 4.69) is 20.3 Å². The Morgan fingerprint density at radius 2 is 1.95 bits per heavy atom. The predicted octanol–water partition coefficient (Wildman–Crippen LogP) is 3.36. The number of rotatable bonds is 2. The van der Waals surface area contributed by atoms with Gasteiger partial charge in [-0.05, 0) is 25.1 Å². The summed E-state index contributed by atoms with van der Waals surface area (Å²) in [6, 6.07) is 6.02. The molecule has 6 heteroatoms. The van der Waals surface area contributed by atoms with E-state index in [0.29, 0.717) is 11.2 Å². The Morgan fingerprint density at radius 1 is 1.10 bits per heavy atom. The fourth-order valence-corrected chi connectivity index (χ4v) is 1.86. The zero-order valence-corrected chi connectivity index (χ0v) is 10.6. The first-order chi connectivity index (χ1) is 9.63. The molecule has 0 aliphatic rings. The van der Waals surface area contributed by atoms with Crippen molar-refractivity contribution >= 4 is 22.5 Å². The van der Waals surface area contributed by atoms with Crippen molar-refractivity contribution in [2.24, 2.45) is 0 Å². The molecule has 0 aromatic carbocycles. The van der Waals surface area contributed by atoms with E-state index in [0.717, 1.165) is 6.20 Å². The van der Waals surface area contributed by atoms with E-state index >= 15 is 0 Å². The Kier molecular flexibility index (Phi) is 2.98. The van der Waals surface area contributed by atoms with Gasteiger partial charge in [0.15, 0.2) is 11.6 Å². The summed E-state index contributed by atoms with van der Waals surface area (Å²) >= 11 is 0. The summed E-state index contributed by atoms with van der Waals surface area (Å²) < 4.78 is 27.5. The normalized spacial score (nSPS) is 10.8. The number of hydrogen-bond acceptors (Lipinski definition) is 4. The molecule has 20 heavy (non-hydrogen) atoms. The van der Waals surface area contributed by atoms with Crippen molar-refractivity contribution in [2.45, 2.75) is 6.92 Å². The molecule has 3 aromatic rings. The molecule has 0 saturated heterocycles. The monoisotopic (exact) mass is 272 g/mol. The average molecular weight is 272 g/mol. The molecule has 0 spiro atoms. The highest BCUT2D eigenvalue weighted by molar-refractivity contribution is 5.77. The van der Waals surface area contributed by atoms with Crippen molar-refractivity contribution in [2.75, 3.05) is 5.32 Å². The number of anilines is 2. The van der Waals surface area contributed by atoms with Gasteiger partial charge in [-0.25, -0.2) is 13.8 Å². The Morgan fingerprint density at radius 3 is 2.80 bits per heavy atom. The molecule has 0 unspecified atom stereocenters. The Bertz CT molecular complexity index is 789. The highest BCUT2D eigenvalue weighted by Crippen LogP contribution is 2.22. The van der Waals surface area contributed by atoms with Gasteiger partial charge < -0.3 is 5.32 Å². The van der Waals surface area contributed by atoms with E-state index in [-0.39, 0.29) is 17.0 Å². The number of pyridine rings is 3. The van der Waals surface area contributed by atoms with Crippen LogP contribution in [0.2, 0.25) is 0 Å². The molecule has 0 bridgehead atoms. The van der Waals surface area contributed by atoms with Gasteiger partial charge in [0, 0.05) is 18.0 Å². The second-order valence-corrected chi connectivity index (χ2v) is 4.29. The molecule has 0 aliphatic heterocycles. The van der Waals surface area contributed by atoms with Gasteiger partial charge in [0.05, 0.1) is 17.4 Å². The van der Waals surface area contributed by atoms with E-state index in [4.69, 9.17) is 0 Å². The number of nitrogens with zero attached hydrogens (tertiary/aromatic N) is 3. The number of aromatic nitrogens is 3. The van der Waals surface area contributed by atoms with Gasteiger partial charge in [0.1, 0.15) is 11.3 Å². The van der Waals surface area contributed by atoms with Gasteiger partial charge in [0.2, 0.25) is 0 Å². The van der Waals surface area contributed by atoms with Crippen molar-refractivity contribution in [1.82, 2.24) is 15.0 Å². The summed E-state index contributed by atoms with van der Waals surface area (Å²) in [7, 11) is 0. The van der Waals surface area contributed by atoms with Crippen LogP contribution in [0.25, 0.3) is 11.0 Å². The van der Waals surface area contributed by atoms with E-state index in [1.54, 1.807) is 19.1 Å². The maximum Gasteiger partial charge on any atom is 0.164 e. The number of nitrogens with one attached hydrogen (secondary N) is 1. The molecular formula is C14H10F2N4. The minimum atomic E-state index is -0.524. The second kappa shape index (κ2) is 4.80. The zero-order chi connectivity index (χ0) is 14.1. The minimum Gasteiger partial charge on any atom is -0.338 e. The van der Waals surface area contributed by atoms with E-state index in [1.807, 2.05) is 0 Å². The van der Waals surface area contributed by atoms with E-state index in [1.165, 1.54) is 18.3 Å². The zero-order valence-electron chi connectivity index (χ0n) is 10.6. The average Bonchev–Trinajstić information content (AvgIpc) is 2.43. The molecule has 100 valence electrons. The van der Waals surface area contributed by atoms with Gasteiger partial charge >= 0.3 is 0 Å². The SMILES string of the molecule is Cc1cc(Nc2cc(F)c3ncccc3n2)c(F)cn1. The van der Waals surface area contributed by atoms with Crippen LogP contribution in [0.1, 0.15) is 5.69 Å². The second-order valence-electron chi connectivity index (χ2n) is 4.29. The van der Waals surface area contributed by atoms with Crippen molar-refractivity contribution in [1.29, 1.82) is 0 Å². The maximum atomic E-state index is 13.9. The highest BCUT2D eigenvalue weighted by Gasteiger charge is 2.09. The Balaban J connectivity index is 2.05. The summed E-state index contributed by atoms with van der Waals surface area (Å²) in [6.07, 6.45) is 2.60. The quantitative estimate of drug-likeness (QED) is 0.777. The summed E-state index contributed by atoms with van der Waals surface area (Å²) in [4.78, 5) is 11.9. The molecular weight excluding hydrogens is 262 g/mol. The molecule has 0 atom stereocenters. The van der Waals surface area contributed by atoms with Crippen LogP contribution in [0, 0.1) is 18.6 Å². The number of hydrogen-bond donors (Lipinski definition) is 1. The lowest BCUT2D eigenvalue weighted by atomic mass is 10.3. The van der Waals surface area contributed by atoms with Gasteiger partial charge in [0.25, 0.3) is 0 Å². The lowest BCUT2D eigenvalue weighted by molar-refractivity contribution is 0.623. The number of halogens is 2. The van der Waals surface area contributed by atoms with Gasteiger partial charge in [-0.2, -0.15) is 0 Å². The predicted molar refractivity (Wildman–Crippen MR) is 71.7 cm³/mol. The summed E-state index contributed by atoms with van der Waals surface area (Å²) in [5.41, 5.74) is 1.44. The number of fused-ring (bicyclic) bond motifs is 1. The molecule has 0 fully saturated rings. The molecule has 0 amide bonds. The maximum absolute atomic E-state index is 13.9. The van der Waals surface area contributed by atoms with Crippen LogP contribution in [-0.2, 0) is 0 Å². The minimum absolute atomic E-state index is 0.185. The topological polar surface area (TPSA) is 50.7 Å². The van der Waals surface area contributed by atoms with Gasteiger partial charge in [-0.3, -0.25) is 9.97 Å². The largest absolute Gasteiger partial charge is 0.338 e. The Hall–Kier alpha value is -2.63.